The smallest absolute Gasteiger partial charge is 0.161 e. The molecule has 114 valence electrons. The molecule has 0 heterocycles. The molecule has 5 nitrogen and oxygen atoms in total. The molecule has 0 aliphatic rings. The van der Waals surface area contributed by atoms with Crippen LogP contribution in [0.15, 0.2) is 18.2 Å². The largest absolute Gasteiger partial charge is 0.493 e. The highest BCUT2D eigenvalue weighted by Gasteiger charge is 2.15. The van der Waals surface area contributed by atoms with Crippen molar-refractivity contribution >= 4 is 0 Å². The Kier molecular flexibility index (Phi) is 7.36. The third-order valence-electron chi connectivity index (χ3n) is 3.33. The second-order valence-corrected chi connectivity index (χ2v) is 4.84. The maximum absolute atomic E-state index is 8.87. The van der Waals surface area contributed by atoms with Crippen molar-refractivity contribution in [1.29, 1.82) is 0 Å². The summed E-state index contributed by atoms with van der Waals surface area (Å²) in [6.07, 6.45) is 1.71. The molecule has 0 aliphatic heterocycles. The van der Waals surface area contributed by atoms with E-state index in [2.05, 4.69) is 12.2 Å². The fourth-order valence-electron chi connectivity index (χ4n) is 2.19. The number of nitrogens with one attached hydrogen (secondary N) is 1. The van der Waals surface area contributed by atoms with E-state index >= 15 is 0 Å². The maximum atomic E-state index is 8.87. The zero-order chi connectivity index (χ0) is 15.0. The van der Waals surface area contributed by atoms with E-state index in [-0.39, 0.29) is 12.6 Å². The number of hydrogen-bond donors (Lipinski definition) is 3. The molecule has 5 heteroatoms. The van der Waals surface area contributed by atoms with E-state index in [1.807, 2.05) is 18.2 Å². The Morgan fingerprint density at radius 2 is 1.95 bits per heavy atom. The number of aliphatic hydroxyl groups is 1. The second kappa shape index (κ2) is 8.79. The SMILES string of the molecule is COc1ccc(C(CN)NC(C)CCCO)cc1OC. The monoisotopic (exact) mass is 282 g/mol. The van der Waals surface area contributed by atoms with Gasteiger partial charge in [-0.05, 0) is 37.5 Å². The lowest BCUT2D eigenvalue weighted by molar-refractivity contribution is 0.274. The first-order valence-electron chi connectivity index (χ1n) is 6.95. The molecule has 0 aliphatic carbocycles. The summed E-state index contributed by atoms with van der Waals surface area (Å²) < 4.78 is 10.5. The van der Waals surface area contributed by atoms with Gasteiger partial charge in [-0.15, -0.1) is 0 Å². The van der Waals surface area contributed by atoms with Gasteiger partial charge in [-0.1, -0.05) is 6.07 Å². The van der Waals surface area contributed by atoms with Crippen LogP contribution in [0.3, 0.4) is 0 Å². The van der Waals surface area contributed by atoms with Crippen LogP contribution < -0.4 is 20.5 Å². The predicted octanol–water partition coefficient (Wildman–Crippen LogP) is 1.45. The van der Waals surface area contributed by atoms with Crippen molar-refractivity contribution in [2.24, 2.45) is 5.73 Å². The lowest BCUT2D eigenvalue weighted by Crippen LogP contribution is -2.35. The van der Waals surface area contributed by atoms with E-state index in [4.69, 9.17) is 20.3 Å². The highest BCUT2D eigenvalue weighted by molar-refractivity contribution is 5.43. The minimum Gasteiger partial charge on any atom is -0.493 e. The molecule has 0 saturated carbocycles. The molecule has 0 fully saturated rings. The van der Waals surface area contributed by atoms with Crippen LogP contribution in [0.2, 0.25) is 0 Å². The molecule has 0 saturated heterocycles. The first-order chi connectivity index (χ1) is 9.65. The van der Waals surface area contributed by atoms with Crippen molar-refractivity contribution in [2.45, 2.75) is 31.8 Å². The van der Waals surface area contributed by atoms with Crippen molar-refractivity contribution in [1.82, 2.24) is 5.32 Å². The number of hydrogen-bond acceptors (Lipinski definition) is 5. The van der Waals surface area contributed by atoms with Crippen LogP contribution in [0, 0.1) is 0 Å². The molecule has 20 heavy (non-hydrogen) atoms. The van der Waals surface area contributed by atoms with Crippen LogP contribution in [-0.2, 0) is 0 Å². The number of rotatable bonds is 9. The number of benzene rings is 1. The summed E-state index contributed by atoms with van der Waals surface area (Å²) >= 11 is 0. The summed E-state index contributed by atoms with van der Waals surface area (Å²) in [4.78, 5) is 0. The zero-order valence-electron chi connectivity index (χ0n) is 12.6. The Bertz CT molecular complexity index is 399. The van der Waals surface area contributed by atoms with Gasteiger partial charge in [-0.25, -0.2) is 0 Å². The highest BCUT2D eigenvalue weighted by atomic mass is 16.5. The normalized spacial score (nSPS) is 13.8. The number of ether oxygens (including phenoxy) is 2. The molecule has 4 N–H and O–H groups in total. The topological polar surface area (TPSA) is 76.7 Å². The molecule has 0 spiro atoms. The Hall–Kier alpha value is -1.30. The molecule has 0 bridgehead atoms. The van der Waals surface area contributed by atoms with Crippen LogP contribution in [0.25, 0.3) is 0 Å². The van der Waals surface area contributed by atoms with E-state index in [0.29, 0.717) is 24.1 Å². The Balaban J connectivity index is 2.78. The maximum Gasteiger partial charge on any atom is 0.161 e. The van der Waals surface area contributed by atoms with Gasteiger partial charge in [0.2, 0.25) is 0 Å². The second-order valence-electron chi connectivity index (χ2n) is 4.84. The third kappa shape index (κ3) is 4.67. The van der Waals surface area contributed by atoms with Gasteiger partial charge in [0.15, 0.2) is 11.5 Å². The molecule has 2 atom stereocenters. The quantitative estimate of drug-likeness (QED) is 0.639. The average molecular weight is 282 g/mol. The van der Waals surface area contributed by atoms with Crippen molar-refractivity contribution in [3.63, 3.8) is 0 Å². The van der Waals surface area contributed by atoms with Gasteiger partial charge in [-0.3, -0.25) is 0 Å². The minimum absolute atomic E-state index is 0.0588. The highest BCUT2D eigenvalue weighted by Crippen LogP contribution is 2.29. The van der Waals surface area contributed by atoms with Crippen molar-refractivity contribution in [3.05, 3.63) is 23.8 Å². The number of aliphatic hydroxyl groups excluding tert-OH is 1. The summed E-state index contributed by atoms with van der Waals surface area (Å²) in [5.41, 5.74) is 6.93. The van der Waals surface area contributed by atoms with Crippen LogP contribution >= 0.6 is 0 Å². The summed E-state index contributed by atoms with van der Waals surface area (Å²) in [6.45, 7) is 2.81. The Morgan fingerprint density at radius 3 is 2.50 bits per heavy atom. The number of nitrogens with two attached hydrogens (primary N) is 1. The molecule has 0 aromatic heterocycles. The third-order valence-corrected chi connectivity index (χ3v) is 3.33. The summed E-state index contributed by atoms with van der Waals surface area (Å²) in [5.74, 6) is 1.41. The summed E-state index contributed by atoms with van der Waals surface area (Å²) in [7, 11) is 3.24. The van der Waals surface area contributed by atoms with Crippen molar-refractivity contribution < 1.29 is 14.6 Å². The standard InChI is InChI=1S/C15H26N2O3/c1-11(5-4-8-18)17-13(10-16)12-6-7-14(19-2)15(9-12)20-3/h6-7,9,11,13,17-18H,4-5,8,10,16H2,1-3H3. The molecular weight excluding hydrogens is 256 g/mol. The van der Waals surface area contributed by atoms with Gasteiger partial charge in [0, 0.05) is 25.2 Å². The van der Waals surface area contributed by atoms with Gasteiger partial charge < -0.3 is 25.6 Å². The molecule has 1 aromatic rings. The van der Waals surface area contributed by atoms with Crippen LogP contribution in [-0.4, -0.2) is 38.5 Å². The molecular formula is C15H26N2O3. The average Bonchev–Trinajstić information content (AvgIpc) is 2.49. The Morgan fingerprint density at radius 1 is 1.25 bits per heavy atom. The van der Waals surface area contributed by atoms with Gasteiger partial charge in [0.25, 0.3) is 0 Å². The summed E-state index contributed by atoms with van der Waals surface area (Å²) in [5, 5.41) is 12.3. The number of methoxy groups -OCH3 is 2. The van der Waals surface area contributed by atoms with Crippen molar-refractivity contribution in [2.75, 3.05) is 27.4 Å². The van der Waals surface area contributed by atoms with E-state index < -0.39 is 0 Å². The van der Waals surface area contributed by atoms with Gasteiger partial charge >= 0.3 is 0 Å². The molecule has 1 aromatic carbocycles. The summed E-state index contributed by atoms with van der Waals surface area (Å²) in [6, 6.07) is 6.18. The van der Waals surface area contributed by atoms with E-state index in [0.717, 1.165) is 18.4 Å². The van der Waals surface area contributed by atoms with Gasteiger partial charge in [-0.2, -0.15) is 0 Å². The molecule has 2 unspecified atom stereocenters. The van der Waals surface area contributed by atoms with E-state index in [1.54, 1.807) is 14.2 Å². The fraction of sp³-hybridized carbons (Fsp3) is 0.600. The van der Waals surface area contributed by atoms with Crippen molar-refractivity contribution in [3.8, 4) is 11.5 Å². The predicted molar refractivity (Wildman–Crippen MR) is 80.3 cm³/mol. The first-order valence-corrected chi connectivity index (χ1v) is 6.95. The van der Waals surface area contributed by atoms with Gasteiger partial charge in [0.05, 0.1) is 14.2 Å². The first kappa shape index (κ1) is 16.8. The van der Waals surface area contributed by atoms with E-state index in [9.17, 15) is 0 Å². The minimum atomic E-state index is 0.0588. The lowest BCUT2D eigenvalue weighted by atomic mass is 10.0. The molecule has 0 amide bonds. The van der Waals surface area contributed by atoms with Crippen LogP contribution in [0.5, 0.6) is 11.5 Å². The molecule has 1 rings (SSSR count). The van der Waals surface area contributed by atoms with E-state index in [1.165, 1.54) is 0 Å². The van der Waals surface area contributed by atoms with Gasteiger partial charge in [0.1, 0.15) is 0 Å². The Labute approximate surface area is 121 Å². The fourth-order valence-corrected chi connectivity index (χ4v) is 2.19. The van der Waals surface area contributed by atoms with Crippen LogP contribution in [0.1, 0.15) is 31.4 Å². The van der Waals surface area contributed by atoms with Crippen LogP contribution in [0.4, 0.5) is 0 Å². The lowest BCUT2D eigenvalue weighted by Gasteiger charge is -2.23. The molecule has 0 radical (unpaired) electrons. The zero-order valence-corrected chi connectivity index (χ0v) is 12.6.